The highest BCUT2D eigenvalue weighted by molar-refractivity contribution is 5.31. The summed E-state index contributed by atoms with van der Waals surface area (Å²) in [6.45, 7) is 3.49. The number of piperidine rings is 1. The van der Waals surface area contributed by atoms with E-state index < -0.39 is 0 Å². The van der Waals surface area contributed by atoms with Gasteiger partial charge in [0.05, 0.1) is 18.8 Å². The van der Waals surface area contributed by atoms with E-state index in [4.69, 9.17) is 9.72 Å². The molecule has 3 nitrogen and oxygen atoms in total. The fourth-order valence-electron chi connectivity index (χ4n) is 4.56. The number of likely N-dealkylation sites (tertiary alicyclic amines) is 1. The predicted octanol–water partition coefficient (Wildman–Crippen LogP) is 4.55. The number of rotatable bonds is 3. The largest absolute Gasteiger partial charge is 0.497 e. The molecular formula is C21H26N2O. The van der Waals surface area contributed by atoms with Crippen LogP contribution in [0.25, 0.3) is 0 Å². The standard InChI is InChI=1S/C21H26N2O/c1-15(16-9-11-19(24-2)12-10-16)23-14-4-6-18-8-7-17-5-3-13-22-20(17)21(18)23/h3,5,9-13,15,18,21H,4,6-8,14H2,1-2H3/t15?,18-,21-/m0/s1. The minimum atomic E-state index is 0.400. The molecule has 1 fully saturated rings. The fraction of sp³-hybridized carbons (Fsp3) is 0.476. The van der Waals surface area contributed by atoms with Crippen LogP contribution >= 0.6 is 0 Å². The second-order valence-corrected chi connectivity index (χ2v) is 7.12. The van der Waals surface area contributed by atoms with Crippen molar-refractivity contribution in [1.29, 1.82) is 0 Å². The molecule has 1 aliphatic heterocycles. The molecule has 2 heterocycles. The van der Waals surface area contributed by atoms with Crippen LogP contribution in [-0.2, 0) is 6.42 Å². The van der Waals surface area contributed by atoms with E-state index in [-0.39, 0.29) is 0 Å². The monoisotopic (exact) mass is 322 g/mol. The third-order valence-electron chi connectivity index (χ3n) is 5.88. The Morgan fingerprint density at radius 2 is 2.00 bits per heavy atom. The number of methoxy groups -OCH3 is 1. The highest BCUT2D eigenvalue weighted by Crippen LogP contribution is 2.46. The first kappa shape index (κ1) is 15.6. The molecule has 0 N–H and O–H groups in total. The van der Waals surface area contributed by atoms with Crippen LogP contribution in [0.1, 0.15) is 55.1 Å². The molecule has 1 saturated heterocycles. The normalized spacial score (nSPS) is 24.8. The Hall–Kier alpha value is -1.87. The van der Waals surface area contributed by atoms with E-state index in [2.05, 4.69) is 48.2 Å². The van der Waals surface area contributed by atoms with E-state index in [0.29, 0.717) is 12.1 Å². The second-order valence-electron chi connectivity index (χ2n) is 7.12. The third kappa shape index (κ3) is 2.71. The van der Waals surface area contributed by atoms with Crippen molar-refractivity contribution in [3.05, 3.63) is 59.4 Å². The summed E-state index contributed by atoms with van der Waals surface area (Å²) in [5.41, 5.74) is 4.14. The second kappa shape index (κ2) is 6.56. The van der Waals surface area contributed by atoms with Crippen molar-refractivity contribution in [3.8, 4) is 5.75 Å². The first-order valence-corrected chi connectivity index (χ1v) is 9.11. The van der Waals surface area contributed by atoms with Gasteiger partial charge in [0.25, 0.3) is 0 Å². The van der Waals surface area contributed by atoms with Gasteiger partial charge >= 0.3 is 0 Å². The van der Waals surface area contributed by atoms with Gasteiger partial charge < -0.3 is 4.74 Å². The Bertz CT molecular complexity index is 697. The van der Waals surface area contributed by atoms with Crippen LogP contribution in [0.4, 0.5) is 0 Å². The first-order valence-electron chi connectivity index (χ1n) is 9.11. The van der Waals surface area contributed by atoms with E-state index in [1.54, 1.807) is 7.11 Å². The van der Waals surface area contributed by atoms with Gasteiger partial charge in [-0.05, 0) is 74.4 Å². The number of benzene rings is 1. The number of hydrogen-bond donors (Lipinski definition) is 0. The zero-order valence-corrected chi connectivity index (χ0v) is 14.6. The minimum Gasteiger partial charge on any atom is -0.497 e. The predicted molar refractivity (Wildman–Crippen MR) is 96.1 cm³/mol. The maximum atomic E-state index is 5.30. The Kier molecular flexibility index (Phi) is 4.28. The number of nitrogens with zero attached hydrogens (tertiary/aromatic N) is 2. The Morgan fingerprint density at radius 1 is 1.17 bits per heavy atom. The zero-order valence-electron chi connectivity index (χ0n) is 14.6. The molecule has 3 atom stereocenters. The lowest BCUT2D eigenvalue weighted by Crippen LogP contribution is -2.43. The molecule has 0 radical (unpaired) electrons. The summed E-state index contributed by atoms with van der Waals surface area (Å²) in [5.74, 6) is 1.67. The number of aromatic nitrogens is 1. The van der Waals surface area contributed by atoms with E-state index in [1.165, 1.54) is 42.5 Å². The molecule has 24 heavy (non-hydrogen) atoms. The first-order chi connectivity index (χ1) is 11.8. The third-order valence-corrected chi connectivity index (χ3v) is 5.88. The van der Waals surface area contributed by atoms with Crippen molar-refractivity contribution in [3.63, 3.8) is 0 Å². The van der Waals surface area contributed by atoms with Crippen LogP contribution in [0.2, 0.25) is 0 Å². The highest BCUT2D eigenvalue weighted by Gasteiger charge is 2.39. The quantitative estimate of drug-likeness (QED) is 0.829. The Balaban J connectivity index is 1.66. The molecule has 2 aliphatic rings. The summed E-state index contributed by atoms with van der Waals surface area (Å²) in [4.78, 5) is 7.48. The number of fused-ring (bicyclic) bond motifs is 3. The van der Waals surface area contributed by atoms with Crippen LogP contribution in [0.5, 0.6) is 5.75 Å². The molecular weight excluding hydrogens is 296 g/mol. The van der Waals surface area contributed by atoms with Crippen molar-refractivity contribution in [1.82, 2.24) is 9.88 Å². The minimum absolute atomic E-state index is 0.400. The molecule has 4 rings (SSSR count). The van der Waals surface area contributed by atoms with Gasteiger partial charge in [0.1, 0.15) is 5.75 Å². The maximum absolute atomic E-state index is 5.30. The molecule has 0 spiro atoms. The molecule has 3 heteroatoms. The Labute approximate surface area is 144 Å². The van der Waals surface area contributed by atoms with Gasteiger partial charge in [-0.2, -0.15) is 0 Å². The Morgan fingerprint density at radius 3 is 2.79 bits per heavy atom. The SMILES string of the molecule is COc1ccc(C(C)N2CCC[C@H]3CCc4cccnc4[C@H]32)cc1. The topological polar surface area (TPSA) is 25.4 Å². The lowest BCUT2D eigenvalue weighted by molar-refractivity contribution is 0.0430. The number of aryl methyl sites for hydroxylation is 1. The van der Waals surface area contributed by atoms with Crippen molar-refractivity contribution in [2.45, 2.75) is 44.7 Å². The smallest absolute Gasteiger partial charge is 0.118 e. The highest BCUT2D eigenvalue weighted by atomic mass is 16.5. The molecule has 126 valence electrons. The van der Waals surface area contributed by atoms with Crippen molar-refractivity contribution in [2.75, 3.05) is 13.7 Å². The molecule has 0 amide bonds. The number of pyridine rings is 1. The average molecular weight is 322 g/mol. The van der Waals surface area contributed by atoms with Gasteiger partial charge in [-0.15, -0.1) is 0 Å². The van der Waals surface area contributed by atoms with Crippen LogP contribution in [0, 0.1) is 5.92 Å². The lowest BCUT2D eigenvalue weighted by Gasteiger charge is -2.47. The summed E-state index contributed by atoms with van der Waals surface area (Å²) in [7, 11) is 1.72. The molecule has 0 bridgehead atoms. The van der Waals surface area contributed by atoms with Gasteiger partial charge in [0.15, 0.2) is 0 Å². The average Bonchev–Trinajstić information content (AvgIpc) is 2.67. The van der Waals surface area contributed by atoms with Crippen molar-refractivity contribution >= 4 is 0 Å². The van der Waals surface area contributed by atoms with Crippen LogP contribution in [0.15, 0.2) is 42.6 Å². The summed E-state index contributed by atoms with van der Waals surface area (Å²) < 4.78 is 5.30. The molecule has 0 saturated carbocycles. The van der Waals surface area contributed by atoms with Gasteiger partial charge in [0.2, 0.25) is 0 Å². The number of hydrogen-bond acceptors (Lipinski definition) is 3. The fourth-order valence-corrected chi connectivity index (χ4v) is 4.56. The summed E-state index contributed by atoms with van der Waals surface area (Å²) in [5, 5.41) is 0. The maximum Gasteiger partial charge on any atom is 0.118 e. The van der Waals surface area contributed by atoms with Gasteiger partial charge in [-0.3, -0.25) is 9.88 Å². The van der Waals surface area contributed by atoms with Crippen LogP contribution in [-0.4, -0.2) is 23.5 Å². The van der Waals surface area contributed by atoms with E-state index >= 15 is 0 Å². The van der Waals surface area contributed by atoms with E-state index in [9.17, 15) is 0 Å². The van der Waals surface area contributed by atoms with Gasteiger partial charge in [-0.25, -0.2) is 0 Å². The van der Waals surface area contributed by atoms with Crippen LogP contribution < -0.4 is 4.74 Å². The van der Waals surface area contributed by atoms with Crippen LogP contribution in [0.3, 0.4) is 0 Å². The van der Waals surface area contributed by atoms with Gasteiger partial charge in [0, 0.05) is 12.2 Å². The zero-order chi connectivity index (χ0) is 16.5. The lowest BCUT2D eigenvalue weighted by atomic mass is 9.76. The molecule has 2 aromatic rings. The molecule has 1 unspecified atom stereocenters. The number of ether oxygens (including phenoxy) is 1. The summed E-state index contributed by atoms with van der Waals surface area (Å²) in [6.07, 6.45) is 7.09. The molecule has 1 aliphatic carbocycles. The van der Waals surface area contributed by atoms with Gasteiger partial charge in [-0.1, -0.05) is 18.2 Å². The van der Waals surface area contributed by atoms with E-state index in [1.807, 2.05) is 6.20 Å². The summed E-state index contributed by atoms with van der Waals surface area (Å²) >= 11 is 0. The molecule has 1 aromatic heterocycles. The van der Waals surface area contributed by atoms with Crippen molar-refractivity contribution < 1.29 is 4.74 Å². The van der Waals surface area contributed by atoms with Crippen molar-refractivity contribution in [2.24, 2.45) is 5.92 Å². The van der Waals surface area contributed by atoms with E-state index in [0.717, 1.165) is 18.2 Å². The summed E-state index contributed by atoms with van der Waals surface area (Å²) in [6, 6.07) is 13.8. The molecule has 1 aromatic carbocycles.